The topological polar surface area (TPSA) is 69.2 Å². The third-order valence-electron chi connectivity index (χ3n) is 4.02. The highest BCUT2D eigenvalue weighted by Crippen LogP contribution is 2.19. The van der Waals surface area contributed by atoms with Crippen molar-refractivity contribution in [2.75, 3.05) is 20.8 Å². The van der Waals surface area contributed by atoms with Crippen LogP contribution < -0.4 is 10.1 Å². The number of methoxy groups -OCH3 is 2. The molecular weight excluding hydrogens is 352 g/mol. The molecule has 1 aliphatic rings. The first kappa shape index (κ1) is 18.4. The van der Waals surface area contributed by atoms with E-state index >= 15 is 0 Å². The molecular formula is C19H22N2O4S. The van der Waals surface area contributed by atoms with Crippen LogP contribution in [-0.2, 0) is 22.6 Å². The Balaban J connectivity index is 1.43. The van der Waals surface area contributed by atoms with E-state index in [1.807, 2.05) is 36.4 Å². The third kappa shape index (κ3) is 4.83. The average Bonchev–Trinajstić information content (AvgIpc) is 3.30. The maximum atomic E-state index is 12.2. The van der Waals surface area contributed by atoms with Crippen molar-refractivity contribution in [3.63, 3.8) is 0 Å². The zero-order valence-corrected chi connectivity index (χ0v) is 15.7. The van der Waals surface area contributed by atoms with Crippen LogP contribution in [0.1, 0.15) is 26.5 Å². The normalized spacial score (nSPS) is 16.1. The molecule has 2 aromatic rings. The summed E-state index contributed by atoms with van der Waals surface area (Å²) in [6.07, 6.45) is 1.33. The number of hydrogen-bond donors (Lipinski definition) is 1. The molecule has 26 heavy (non-hydrogen) atoms. The van der Waals surface area contributed by atoms with Gasteiger partial charge in [-0.25, -0.2) is 0 Å². The molecule has 0 spiro atoms. The summed E-state index contributed by atoms with van der Waals surface area (Å²) in [5.41, 5.74) is 2.13. The van der Waals surface area contributed by atoms with E-state index in [0.717, 1.165) is 28.3 Å². The summed E-state index contributed by atoms with van der Waals surface area (Å²) in [6, 6.07) is 11.6. The lowest BCUT2D eigenvalue weighted by molar-refractivity contribution is 0.0755. The fraction of sp³-hybridized carbons (Fsp3) is 0.368. The fourth-order valence-electron chi connectivity index (χ4n) is 2.69. The fourth-order valence-corrected chi connectivity index (χ4v) is 3.59. The van der Waals surface area contributed by atoms with Gasteiger partial charge in [-0.1, -0.05) is 17.3 Å². The van der Waals surface area contributed by atoms with Crippen molar-refractivity contribution in [2.24, 2.45) is 5.16 Å². The maximum absolute atomic E-state index is 12.2. The molecule has 138 valence electrons. The van der Waals surface area contributed by atoms with E-state index in [2.05, 4.69) is 10.5 Å². The number of benzene rings is 1. The second kappa shape index (κ2) is 8.82. The summed E-state index contributed by atoms with van der Waals surface area (Å²) in [5, 5.41) is 7.07. The van der Waals surface area contributed by atoms with E-state index in [9.17, 15) is 4.79 Å². The Morgan fingerprint density at radius 2 is 2.08 bits per heavy atom. The Bertz CT molecular complexity index is 770. The molecule has 1 atom stereocenters. The molecule has 0 saturated heterocycles. The molecule has 1 aromatic carbocycles. The minimum absolute atomic E-state index is 0.0930. The van der Waals surface area contributed by atoms with E-state index in [0.29, 0.717) is 24.4 Å². The number of thiophene rings is 1. The van der Waals surface area contributed by atoms with Crippen LogP contribution in [0.4, 0.5) is 0 Å². The van der Waals surface area contributed by atoms with E-state index in [1.54, 1.807) is 14.2 Å². The van der Waals surface area contributed by atoms with Gasteiger partial charge < -0.3 is 19.6 Å². The van der Waals surface area contributed by atoms with Gasteiger partial charge in [0.25, 0.3) is 5.91 Å². The number of hydrogen-bond acceptors (Lipinski definition) is 6. The van der Waals surface area contributed by atoms with E-state index in [-0.39, 0.29) is 12.0 Å². The molecule has 3 rings (SSSR count). The Hall–Kier alpha value is -2.38. The summed E-state index contributed by atoms with van der Waals surface area (Å²) in [4.78, 5) is 19.4. The predicted octanol–water partition coefficient (Wildman–Crippen LogP) is 3.02. The van der Waals surface area contributed by atoms with Crippen LogP contribution in [0, 0.1) is 0 Å². The summed E-state index contributed by atoms with van der Waals surface area (Å²) >= 11 is 1.44. The molecule has 1 aliphatic heterocycles. The molecule has 7 heteroatoms. The number of carbonyl (C=O) groups is 1. The molecule has 2 heterocycles. The molecule has 0 bridgehead atoms. The van der Waals surface area contributed by atoms with Gasteiger partial charge in [0.05, 0.1) is 30.9 Å². The number of nitrogens with one attached hydrogen (secondary N) is 1. The van der Waals surface area contributed by atoms with Crippen LogP contribution in [0.2, 0.25) is 0 Å². The quantitative estimate of drug-likeness (QED) is 0.771. The number of ether oxygens (including phenoxy) is 2. The highest BCUT2D eigenvalue weighted by Gasteiger charge is 2.22. The Morgan fingerprint density at radius 1 is 1.27 bits per heavy atom. The summed E-state index contributed by atoms with van der Waals surface area (Å²) in [7, 11) is 3.29. The molecule has 0 fully saturated rings. The van der Waals surface area contributed by atoms with Crippen molar-refractivity contribution in [2.45, 2.75) is 25.6 Å². The summed E-state index contributed by atoms with van der Waals surface area (Å²) in [6.45, 7) is 0.957. The maximum Gasteiger partial charge on any atom is 0.261 e. The van der Waals surface area contributed by atoms with E-state index < -0.39 is 0 Å². The largest absolute Gasteiger partial charge is 0.497 e. The van der Waals surface area contributed by atoms with E-state index in [1.165, 1.54) is 11.3 Å². The zero-order chi connectivity index (χ0) is 18.4. The Labute approximate surface area is 156 Å². The lowest BCUT2D eigenvalue weighted by atomic mass is 10.0. The SMILES string of the molecule is COCc1ccc(C(=O)NCC2CC(Cc3ccc(OC)cc3)=NO2)s1. The minimum atomic E-state index is -0.120. The van der Waals surface area contributed by atoms with Crippen LogP contribution in [0.25, 0.3) is 0 Å². The second-order valence-corrected chi connectivity index (χ2v) is 7.19. The molecule has 1 unspecified atom stereocenters. The zero-order valence-electron chi connectivity index (χ0n) is 14.9. The first-order valence-corrected chi connectivity index (χ1v) is 9.20. The van der Waals surface area contributed by atoms with Crippen molar-refractivity contribution < 1.29 is 19.1 Å². The number of amides is 1. The highest BCUT2D eigenvalue weighted by molar-refractivity contribution is 7.14. The molecule has 0 radical (unpaired) electrons. The van der Waals surface area contributed by atoms with Gasteiger partial charge in [0.1, 0.15) is 11.9 Å². The average molecular weight is 374 g/mol. The predicted molar refractivity (Wildman–Crippen MR) is 101 cm³/mol. The standard InChI is InChI=1S/C19H22N2O4S/c1-23-12-17-7-8-18(26-17)19(22)20-11-16-10-14(21-25-16)9-13-3-5-15(24-2)6-4-13/h3-8,16H,9-12H2,1-2H3,(H,20,22). The van der Waals surface area contributed by atoms with Crippen LogP contribution >= 0.6 is 11.3 Å². The molecule has 0 saturated carbocycles. The van der Waals surface area contributed by atoms with Crippen LogP contribution in [0.3, 0.4) is 0 Å². The van der Waals surface area contributed by atoms with Crippen molar-refractivity contribution in [1.82, 2.24) is 5.32 Å². The van der Waals surface area contributed by atoms with Crippen molar-refractivity contribution >= 4 is 23.0 Å². The molecule has 1 aromatic heterocycles. The van der Waals surface area contributed by atoms with E-state index in [4.69, 9.17) is 14.3 Å². The van der Waals surface area contributed by atoms with Crippen molar-refractivity contribution in [3.8, 4) is 5.75 Å². The first-order valence-electron chi connectivity index (χ1n) is 8.38. The van der Waals surface area contributed by atoms with Gasteiger partial charge in [-0.15, -0.1) is 11.3 Å². The number of carbonyl (C=O) groups excluding carboxylic acids is 1. The summed E-state index contributed by atoms with van der Waals surface area (Å²) in [5.74, 6) is 0.741. The third-order valence-corrected chi connectivity index (χ3v) is 5.08. The Kier molecular flexibility index (Phi) is 6.25. The van der Waals surface area contributed by atoms with Crippen LogP contribution in [0.15, 0.2) is 41.6 Å². The number of nitrogens with zero attached hydrogens (tertiary/aromatic N) is 1. The second-order valence-electron chi connectivity index (χ2n) is 6.02. The first-order chi connectivity index (χ1) is 12.7. The lowest BCUT2D eigenvalue weighted by Crippen LogP contribution is -2.31. The van der Waals surface area contributed by atoms with Crippen molar-refractivity contribution in [1.29, 1.82) is 0 Å². The monoisotopic (exact) mass is 374 g/mol. The minimum Gasteiger partial charge on any atom is -0.497 e. The summed E-state index contributed by atoms with van der Waals surface area (Å²) < 4.78 is 10.2. The van der Waals surface area contributed by atoms with Gasteiger partial charge in [0.15, 0.2) is 0 Å². The highest BCUT2D eigenvalue weighted by atomic mass is 32.1. The molecule has 6 nitrogen and oxygen atoms in total. The molecule has 0 aliphatic carbocycles. The molecule has 1 N–H and O–H groups in total. The van der Waals surface area contributed by atoms with Gasteiger partial charge in [0.2, 0.25) is 0 Å². The Morgan fingerprint density at radius 3 is 2.81 bits per heavy atom. The van der Waals surface area contributed by atoms with Crippen molar-refractivity contribution in [3.05, 3.63) is 51.7 Å². The van der Waals surface area contributed by atoms with Gasteiger partial charge >= 0.3 is 0 Å². The number of rotatable bonds is 8. The van der Waals surface area contributed by atoms with Gasteiger partial charge in [-0.05, 0) is 29.8 Å². The lowest BCUT2D eigenvalue weighted by Gasteiger charge is -2.09. The van der Waals surface area contributed by atoms with Gasteiger partial charge in [0, 0.05) is 24.8 Å². The van der Waals surface area contributed by atoms with Gasteiger partial charge in [-0.3, -0.25) is 4.79 Å². The van der Waals surface area contributed by atoms with Crippen LogP contribution in [-0.4, -0.2) is 38.5 Å². The molecule has 1 amide bonds. The number of oxime groups is 1. The smallest absolute Gasteiger partial charge is 0.261 e. The van der Waals surface area contributed by atoms with Crippen LogP contribution in [0.5, 0.6) is 5.75 Å². The van der Waals surface area contributed by atoms with Gasteiger partial charge in [-0.2, -0.15) is 0 Å².